The molecule has 0 radical (unpaired) electrons. The molecule has 0 spiro atoms. The van der Waals surface area contributed by atoms with Crippen molar-refractivity contribution in [1.82, 2.24) is 10.2 Å². The molecule has 1 aliphatic rings. The smallest absolute Gasteiger partial charge is 0.251 e. The van der Waals surface area contributed by atoms with Gasteiger partial charge in [-0.05, 0) is 61.8 Å². The van der Waals surface area contributed by atoms with Crippen molar-refractivity contribution in [3.05, 3.63) is 62.9 Å². The van der Waals surface area contributed by atoms with Crippen LogP contribution in [0.1, 0.15) is 47.7 Å². The number of carbonyl (C=O) groups excluding carboxylic acids is 1. The fourth-order valence-corrected chi connectivity index (χ4v) is 5.23. The normalized spacial score (nSPS) is 15.1. The lowest BCUT2D eigenvalue weighted by atomic mass is 10.1. The van der Waals surface area contributed by atoms with E-state index in [1.54, 1.807) is 6.92 Å². The lowest BCUT2D eigenvalue weighted by Crippen LogP contribution is -2.30. The van der Waals surface area contributed by atoms with Gasteiger partial charge in [0, 0.05) is 34.3 Å². The molecule has 1 fully saturated rings. The zero-order chi connectivity index (χ0) is 22.6. The van der Waals surface area contributed by atoms with Gasteiger partial charge >= 0.3 is 0 Å². The van der Waals surface area contributed by atoms with Crippen LogP contribution in [0.25, 0.3) is 0 Å². The van der Waals surface area contributed by atoms with Crippen LogP contribution in [0, 0.1) is 5.82 Å². The second-order valence-electron chi connectivity index (χ2n) is 7.59. The van der Waals surface area contributed by atoms with Gasteiger partial charge < -0.3 is 5.32 Å². The summed E-state index contributed by atoms with van der Waals surface area (Å²) in [5.74, 6) is -1.15. The minimum Gasteiger partial charge on any atom is -0.348 e. The number of rotatable bonds is 7. The molecular formula is C22H25Cl2FN2O3S. The number of carbonyl (C=O) groups is 1. The third kappa shape index (κ3) is 5.98. The van der Waals surface area contributed by atoms with Crippen LogP contribution < -0.4 is 5.32 Å². The Morgan fingerprint density at radius 1 is 1.13 bits per heavy atom. The number of nitrogens with zero attached hydrogens (tertiary/aromatic N) is 1. The van der Waals surface area contributed by atoms with E-state index in [4.69, 9.17) is 23.2 Å². The van der Waals surface area contributed by atoms with Gasteiger partial charge in [0.15, 0.2) is 9.84 Å². The first-order valence-electron chi connectivity index (χ1n) is 10.2. The predicted octanol–water partition coefficient (Wildman–Crippen LogP) is 4.84. The maximum atomic E-state index is 14.7. The summed E-state index contributed by atoms with van der Waals surface area (Å²) >= 11 is 12.3. The number of benzene rings is 2. The van der Waals surface area contributed by atoms with Crippen LogP contribution in [0.5, 0.6) is 0 Å². The molecule has 0 saturated carbocycles. The first kappa shape index (κ1) is 24.0. The molecule has 1 amide bonds. The number of piperidine rings is 1. The standard InChI is InChI=1S/C22H25Cl2FN2O3S/c1-2-31(29,30)21-7-6-17(23)10-16(21)13-26-22(28)15-11-19(24)18(20(25)12-15)14-27-8-4-3-5-9-27/h6-7,10-12H,2-5,8-9,13-14H2,1H3,(H,26,28). The van der Waals surface area contributed by atoms with Gasteiger partial charge in [0.2, 0.25) is 0 Å². The molecule has 1 aliphatic heterocycles. The number of nitrogens with one attached hydrogen (secondary N) is 1. The van der Waals surface area contributed by atoms with Crippen molar-refractivity contribution in [2.75, 3.05) is 18.8 Å². The van der Waals surface area contributed by atoms with Gasteiger partial charge in [-0.25, -0.2) is 12.8 Å². The Balaban J connectivity index is 1.75. The van der Waals surface area contributed by atoms with Gasteiger partial charge in [0.05, 0.1) is 10.6 Å². The van der Waals surface area contributed by atoms with E-state index in [1.165, 1.54) is 36.8 Å². The van der Waals surface area contributed by atoms with E-state index < -0.39 is 21.6 Å². The van der Waals surface area contributed by atoms with Crippen molar-refractivity contribution in [2.24, 2.45) is 0 Å². The lowest BCUT2D eigenvalue weighted by molar-refractivity contribution is 0.0950. The fourth-order valence-electron chi connectivity index (χ4n) is 3.65. The van der Waals surface area contributed by atoms with Crippen LogP contribution in [0.2, 0.25) is 10.0 Å². The highest BCUT2D eigenvalue weighted by Gasteiger charge is 2.20. The third-order valence-corrected chi connectivity index (χ3v) is 7.81. The Hall–Kier alpha value is -1.67. The molecule has 168 valence electrons. The molecule has 31 heavy (non-hydrogen) atoms. The molecule has 9 heteroatoms. The summed E-state index contributed by atoms with van der Waals surface area (Å²) in [5, 5.41) is 3.20. The highest BCUT2D eigenvalue weighted by molar-refractivity contribution is 7.91. The Kier molecular flexibility index (Phi) is 7.97. The van der Waals surface area contributed by atoms with Gasteiger partial charge in [0.25, 0.3) is 5.91 Å². The molecule has 1 heterocycles. The Bertz CT molecular complexity index is 1050. The van der Waals surface area contributed by atoms with Gasteiger partial charge in [-0.2, -0.15) is 0 Å². The van der Waals surface area contributed by atoms with Crippen LogP contribution >= 0.6 is 23.2 Å². The summed E-state index contributed by atoms with van der Waals surface area (Å²) in [7, 11) is -3.49. The maximum absolute atomic E-state index is 14.7. The number of amides is 1. The number of hydrogen-bond donors (Lipinski definition) is 1. The van der Waals surface area contributed by atoms with E-state index in [-0.39, 0.29) is 27.8 Å². The van der Waals surface area contributed by atoms with Crippen molar-refractivity contribution >= 4 is 38.9 Å². The van der Waals surface area contributed by atoms with Crippen molar-refractivity contribution in [3.8, 4) is 0 Å². The molecule has 0 unspecified atom stereocenters. The minimum absolute atomic E-state index is 0.0667. The number of halogens is 3. The van der Waals surface area contributed by atoms with Gasteiger partial charge in [-0.15, -0.1) is 0 Å². The van der Waals surface area contributed by atoms with Crippen LogP contribution in [-0.2, 0) is 22.9 Å². The van der Waals surface area contributed by atoms with Gasteiger partial charge in [-0.3, -0.25) is 9.69 Å². The van der Waals surface area contributed by atoms with Crippen molar-refractivity contribution in [3.63, 3.8) is 0 Å². The average Bonchev–Trinajstić information content (AvgIpc) is 2.75. The van der Waals surface area contributed by atoms with E-state index in [0.29, 0.717) is 22.7 Å². The van der Waals surface area contributed by atoms with E-state index >= 15 is 0 Å². The average molecular weight is 487 g/mol. The molecular weight excluding hydrogens is 462 g/mol. The lowest BCUT2D eigenvalue weighted by Gasteiger charge is -2.27. The maximum Gasteiger partial charge on any atom is 0.251 e. The second-order valence-corrected chi connectivity index (χ2v) is 10.7. The Morgan fingerprint density at radius 2 is 1.84 bits per heavy atom. The molecule has 2 aromatic rings. The van der Waals surface area contributed by atoms with Crippen molar-refractivity contribution < 1.29 is 17.6 Å². The molecule has 0 aromatic heterocycles. The van der Waals surface area contributed by atoms with E-state index in [0.717, 1.165) is 25.9 Å². The fraction of sp³-hybridized carbons (Fsp3) is 0.409. The SMILES string of the molecule is CCS(=O)(=O)c1ccc(Cl)cc1CNC(=O)c1cc(F)c(CN2CCCCC2)c(Cl)c1. The summed E-state index contributed by atoms with van der Waals surface area (Å²) in [4.78, 5) is 14.9. The van der Waals surface area contributed by atoms with E-state index in [2.05, 4.69) is 10.2 Å². The minimum atomic E-state index is -3.49. The predicted molar refractivity (Wildman–Crippen MR) is 121 cm³/mol. The molecule has 0 bridgehead atoms. The van der Waals surface area contributed by atoms with Gasteiger partial charge in [-0.1, -0.05) is 36.5 Å². The first-order valence-corrected chi connectivity index (χ1v) is 12.6. The van der Waals surface area contributed by atoms with Crippen molar-refractivity contribution in [2.45, 2.75) is 44.2 Å². The largest absolute Gasteiger partial charge is 0.348 e. The van der Waals surface area contributed by atoms with Crippen LogP contribution in [0.4, 0.5) is 4.39 Å². The van der Waals surface area contributed by atoms with E-state index in [1.807, 2.05) is 0 Å². The summed E-state index contributed by atoms with van der Waals surface area (Å²) in [6.45, 7) is 3.69. The second kappa shape index (κ2) is 10.3. The Labute approximate surface area is 192 Å². The number of hydrogen-bond acceptors (Lipinski definition) is 4. The third-order valence-electron chi connectivity index (χ3n) is 5.41. The molecule has 1 saturated heterocycles. The topological polar surface area (TPSA) is 66.5 Å². The van der Waals surface area contributed by atoms with Crippen LogP contribution in [0.15, 0.2) is 35.2 Å². The van der Waals surface area contributed by atoms with Crippen LogP contribution in [0.3, 0.4) is 0 Å². The van der Waals surface area contributed by atoms with Crippen LogP contribution in [-0.4, -0.2) is 38.1 Å². The number of likely N-dealkylation sites (tertiary alicyclic amines) is 1. The molecule has 1 N–H and O–H groups in total. The quantitative estimate of drug-likeness (QED) is 0.607. The first-order chi connectivity index (χ1) is 14.7. The summed E-state index contributed by atoms with van der Waals surface area (Å²) in [5.41, 5.74) is 0.828. The monoisotopic (exact) mass is 486 g/mol. The molecule has 0 atom stereocenters. The molecule has 2 aromatic carbocycles. The summed E-state index contributed by atoms with van der Waals surface area (Å²) in [6, 6.07) is 7.03. The van der Waals surface area contributed by atoms with Crippen molar-refractivity contribution in [1.29, 1.82) is 0 Å². The molecule has 0 aliphatic carbocycles. The number of sulfone groups is 1. The zero-order valence-electron chi connectivity index (χ0n) is 17.3. The van der Waals surface area contributed by atoms with E-state index in [9.17, 15) is 17.6 Å². The van der Waals surface area contributed by atoms with Gasteiger partial charge in [0.1, 0.15) is 5.82 Å². The summed E-state index contributed by atoms with van der Waals surface area (Å²) in [6.07, 6.45) is 3.34. The highest BCUT2D eigenvalue weighted by atomic mass is 35.5. The Morgan fingerprint density at radius 3 is 2.48 bits per heavy atom. The highest BCUT2D eigenvalue weighted by Crippen LogP contribution is 2.25. The molecule has 3 rings (SSSR count). The summed E-state index contributed by atoms with van der Waals surface area (Å²) < 4.78 is 39.3. The molecule has 5 nitrogen and oxygen atoms in total. The zero-order valence-corrected chi connectivity index (χ0v) is 19.6.